The molecule has 0 bridgehead atoms. The smallest absolute Gasteiger partial charge is 0.220 e. The number of nitrogens with zero attached hydrogens (tertiary/aromatic N) is 2. The van der Waals surface area contributed by atoms with Crippen molar-refractivity contribution in [2.75, 3.05) is 37.1 Å². The van der Waals surface area contributed by atoms with E-state index >= 15 is 0 Å². The van der Waals surface area contributed by atoms with Crippen molar-refractivity contribution in [3.63, 3.8) is 0 Å². The van der Waals surface area contributed by atoms with Gasteiger partial charge in [0.25, 0.3) is 0 Å². The zero-order valence-electron chi connectivity index (χ0n) is 34.9. The summed E-state index contributed by atoms with van der Waals surface area (Å²) in [5, 5.41) is 3.16. The van der Waals surface area contributed by atoms with Crippen LogP contribution >= 0.6 is 21.6 Å². The summed E-state index contributed by atoms with van der Waals surface area (Å²) in [6.07, 6.45) is 14.6. The molecule has 0 atom stereocenters. The number of likely N-dealkylation sites (N-methyl/N-ethyl adjacent to an activating group) is 1. The third-order valence-corrected chi connectivity index (χ3v) is 13.2. The molecule has 2 heterocycles. The lowest BCUT2D eigenvalue weighted by Crippen LogP contribution is -2.35. The van der Waals surface area contributed by atoms with Gasteiger partial charge in [-0.1, -0.05) is 109 Å². The third kappa shape index (κ3) is 11.5. The first-order valence-corrected chi connectivity index (χ1v) is 22.1. The Morgan fingerprint density at radius 3 is 2.44 bits per heavy atom. The van der Waals surface area contributed by atoms with Crippen LogP contribution in [0.5, 0.6) is 0 Å². The summed E-state index contributed by atoms with van der Waals surface area (Å²) < 4.78 is 8.03. The van der Waals surface area contributed by atoms with Gasteiger partial charge in [-0.15, -0.1) is 0 Å². The first kappa shape index (κ1) is 43.6. The Morgan fingerprint density at radius 1 is 1.00 bits per heavy atom. The Kier molecular flexibility index (Phi) is 15.9. The molecule has 4 rings (SSSR count). The highest BCUT2D eigenvalue weighted by Crippen LogP contribution is 2.48. The van der Waals surface area contributed by atoms with Gasteiger partial charge in [-0.05, 0) is 85.1 Å². The Hall–Kier alpha value is -3.12. The molecule has 2 aromatic rings. The molecule has 5 nitrogen and oxygen atoms in total. The van der Waals surface area contributed by atoms with E-state index in [0.29, 0.717) is 31.3 Å². The Bertz CT molecular complexity index is 1810. The number of nitrogens with one attached hydrogen (secondary N) is 1. The van der Waals surface area contributed by atoms with Gasteiger partial charge in [-0.3, -0.25) is 4.79 Å². The minimum absolute atomic E-state index is 0.0446. The molecule has 1 N–H and O–H groups in total. The summed E-state index contributed by atoms with van der Waals surface area (Å²) in [6, 6.07) is 13.7. The highest BCUT2D eigenvalue weighted by atomic mass is 33.1. The normalized spacial score (nSPS) is 16.7. The number of fused-ring (bicyclic) bond motifs is 2. The number of ether oxygens (including phenoxy) is 1. The molecular weight excluding hydrogens is 701 g/mol. The summed E-state index contributed by atoms with van der Waals surface area (Å²) >= 11 is 0. The molecule has 54 heavy (non-hydrogen) atoms. The fraction of sp³-hybridized carbons (Fsp3) is 0.522. The molecule has 1 radical (unpaired) electrons. The van der Waals surface area contributed by atoms with E-state index in [4.69, 9.17) is 4.74 Å². The van der Waals surface area contributed by atoms with E-state index in [1.165, 1.54) is 45.0 Å². The quantitative estimate of drug-likeness (QED) is 0.0311. The molecule has 2 aliphatic heterocycles. The lowest BCUT2D eigenvalue weighted by molar-refractivity contribution is -0.438. The van der Waals surface area contributed by atoms with Gasteiger partial charge >= 0.3 is 0 Å². The lowest BCUT2D eigenvalue weighted by atomic mass is 9.67. The molecule has 289 valence electrons. The van der Waals surface area contributed by atoms with Crippen molar-refractivity contribution in [2.24, 2.45) is 0 Å². The van der Waals surface area contributed by atoms with E-state index in [9.17, 15) is 4.79 Å². The van der Waals surface area contributed by atoms with Crippen LogP contribution in [0.4, 0.5) is 11.4 Å². The SMILES string of the molecule is CCN1\C(=C/C=C/C=C/C2=[N+](CCCCCC(=O)NCC(C)(C)SSCOCC#C[B]C(C)C)c3ccc(C)cc3C2(C)C)C(C)(C)c2cc(C)ccc21. The predicted molar refractivity (Wildman–Crippen MR) is 238 cm³/mol. The molecule has 1 amide bonds. The van der Waals surface area contributed by atoms with Crippen LogP contribution in [0.25, 0.3) is 0 Å². The summed E-state index contributed by atoms with van der Waals surface area (Å²) in [4.78, 5) is 15.2. The molecule has 0 saturated heterocycles. The predicted octanol–water partition coefficient (Wildman–Crippen LogP) is 10.8. The van der Waals surface area contributed by atoms with E-state index in [0.717, 1.165) is 32.4 Å². The average Bonchev–Trinajstić information content (AvgIpc) is 3.45. The summed E-state index contributed by atoms with van der Waals surface area (Å²) in [5.74, 6) is 7.21. The van der Waals surface area contributed by atoms with E-state index < -0.39 is 0 Å². The number of anilines is 1. The topological polar surface area (TPSA) is 44.6 Å². The highest BCUT2D eigenvalue weighted by Gasteiger charge is 2.44. The van der Waals surface area contributed by atoms with E-state index in [1.807, 2.05) is 7.28 Å². The highest BCUT2D eigenvalue weighted by molar-refractivity contribution is 8.77. The molecule has 0 unspecified atom stereocenters. The van der Waals surface area contributed by atoms with Gasteiger partial charge in [0, 0.05) is 65.2 Å². The molecule has 0 aliphatic carbocycles. The minimum Gasteiger partial charge on any atom is -0.357 e. The number of amides is 1. The number of allylic oxidation sites excluding steroid dienone is 6. The van der Waals surface area contributed by atoms with Crippen molar-refractivity contribution < 1.29 is 14.1 Å². The van der Waals surface area contributed by atoms with Crippen LogP contribution in [0.15, 0.2) is 72.5 Å². The molecule has 0 fully saturated rings. The zero-order chi connectivity index (χ0) is 39.5. The third-order valence-electron chi connectivity index (χ3n) is 10.2. The van der Waals surface area contributed by atoms with Crippen LogP contribution in [-0.4, -0.2) is 60.4 Å². The Balaban J connectivity index is 1.31. The van der Waals surface area contributed by atoms with Crippen molar-refractivity contribution >= 4 is 51.9 Å². The van der Waals surface area contributed by atoms with E-state index in [-0.39, 0.29) is 21.5 Å². The van der Waals surface area contributed by atoms with Crippen molar-refractivity contribution in [1.29, 1.82) is 0 Å². The number of hydrogen-bond donors (Lipinski definition) is 1. The first-order valence-electron chi connectivity index (χ1n) is 19.8. The largest absolute Gasteiger partial charge is 0.357 e. The molecular formula is C46H64BN3O2S2+. The molecule has 0 saturated carbocycles. The van der Waals surface area contributed by atoms with Gasteiger partial charge < -0.3 is 15.0 Å². The standard InChI is InChI=1S/C46H63BN3O2S2/c1-12-49-39-25-23-35(4)30-37(39)45(8,9)41(49)20-15-13-16-21-42-46(10,11)38-31-36(5)24-26-40(38)50(42)28-18-14-17-22-43(51)48-32-44(6,7)54-53-33-52-29-19-27-47-34(2)3/h13,15-16,20-21,23-26,30-31,34H,12,14,17-18,22,28-29,32-33H2,1-11H3/p+1. The van der Waals surface area contributed by atoms with Crippen LogP contribution in [0.1, 0.15) is 110 Å². The van der Waals surface area contributed by atoms with E-state index in [2.05, 4.69) is 169 Å². The fourth-order valence-electron chi connectivity index (χ4n) is 7.26. The second kappa shape index (κ2) is 19.7. The first-order chi connectivity index (χ1) is 25.6. The maximum atomic E-state index is 12.8. The second-order valence-electron chi connectivity index (χ2n) is 16.6. The molecule has 0 aromatic heterocycles. The maximum absolute atomic E-state index is 12.8. The minimum atomic E-state index is -0.106. The van der Waals surface area contributed by atoms with Crippen LogP contribution in [0, 0.1) is 25.6 Å². The summed E-state index contributed by atoms with van der Waals surface area (Å²) in [5.41, 5.74) is 10.5. The second-order valence-corrected chi connectivity index (χ2v) is 19.6. The fourth-order valence-corrected chi connectivity index (χ4v) is 9.39. The molecule has 2 aliphatic rings. The molecule has 0 spiro atoms. The number of benzene rings is 2. The van der Waals surface area contributed by atoms with Gasteiger partial charge in [-0.25, -0.2) is 0 Å². The lowest BCUT2D eigenvalue weighted by Gasteiger charge is -2.25. The monoisotopic (exact) mass is 765 g/mol. The number of carbonyl (C=O) groups is 1. The average molecular weight is 766 g/mol. The van der Waals surface area contributed by atoms with Crippen LogP contribution in [0.3, 0.4) is 0 Å². The van der Waals surface area contributed by atoms with Crippen molar-refractivity contribution in [3.05, 3.63) is 94.7 Å². The van der Waals surface area contributed by atoms with Gasteiger partial charge in [-0.2, -0.15) is 10.4 Å². The summed E-state index contributed by atoms with van der Waals surface area (Å²) in [7, 11) is 5.39. The zero-order valence-corrected chi connectivity index (χ0v) is 36.5. The van der Waals surface area contributed by atoms with Crippen molar-refractivity contribution in [1.82, 2.24) is 5.32 Å². The van der Waals surface area contributed by atoms with Crippen LogP contribution < -0.4 is 10.2 Å². The number of rotatable bonds is 18. The Morgan fingerprint density at radius 2 is 1.72 bits per heavy atom. The summed E-state index contributed by atoms with van der Waals surface area (Å²) in [6.45, 7) is 27.4. The number of aryl methyl sites for hydroxylation is 2. The van der Waals surface area contributed by atoms with Crippen molar-refractivity contribution in [2.45, 2.75) is 123 Å². The maximum Gasteiger partial charge on any atom is 0.220 e. The van der Waals surface area contributed by atoms with E-state index in [1.54, 1.807) is 21.6 Å². The number of carbonyl (C=O) groups excluding carboxylic acids is 1. The van der Waals surface area contributed by atoms with Crippen LogP contribution in [-0.2, 0) is 20.4 Å². The van der Waals surface area contributed by atoms with Crippen LogP contribution in [0.2, 0.25) is 5.82 Å². The van der Waals surface area contributed by atoms with Gasteiger partial charge in [0.2, 0.25) is 18.9 Å². The molecule has 2 aromatic carbocycles. The number of unbranched alkanes of at least 4 members (excludes halogenated alkanes) is 2. The van der Waals surface area contributed by atoms with Gasteiger partial charge in [0.1, 0.15) is 19.1 Å². The molecule has 8 heteroatoms. The van der Waals surface area contributed by atoms with Gasteiger partial charge in [0.15, 0.2) is 5.71 Å². The van der Waals surface area contributed by atoms with Crippen molar-refractivity contribution in [3.8, 4) is 11.7 Å². The Labute approximate surface area is 336 Å². The number of hydrogen-bond acceptors (Lipinski definition) is 5. The van der Waals surface area contributed by atoms with Gasteiger partial charge in [0.05, 0.1) is 5.41 Å².